The van der Waals surface area contributed by atoms with Crippen molar-refractivity contribution in [2.45, 2.75) is 38.8 Å². The van der Waals surface area contributed by atoms with Crippen molar-refractivity contribution in [1.82, 2.24) is 20.9 Å². The van der Waals surface area contributed by atoms with Crippen molar-refractivity contribution >= 4 is 16.6 Å². The lowest BCUT2D eigenvalue weighted by atomic mass is 10.0. The van der Waals surface area contributed by atoms with Crippen molar-refractivity contribution in [3.05, 3.63) is 48.5 Å². The molecule has 4 rings (SSSR count). The summed E-state index contributed by atoms with van der Waals surface area (Å²) in [7, 11) is 1.71. The third-order valence-electron chi connectivity index (χ3n) is 6.43. The molecule has 2 heterocycles. The van der Waals surface area contributed by atoms with Crippen LogP contribution in [-0.4, -0.2) is 63.4 Å². The van der Waals surface area contributed by atoms with E-state index in [0.717, 1.165) is 56.2 Å². The van der Waals surface area contributed by atoms with Crippen LogP contribution in [-0.2, 0) is 0 Å². The normalized spacial score (nSPS) is 15.0. The Morgan fingerprint density at radius 2 is 1.82 bits per heavy atom. The highest BCUT2D eigenvalue weighted by atomic mass is 16.5. The van der Waals surface area contributed by atoms with Gasteiger partial charge in [0.1, 0.15) is 5.75 Å². The Bertz CT molecular complexity index is 1010. The number of hydrogen-bond donors (Lipinski definition) is 4. The van der Waals surface area contributed by atoms with Crippen molar-refractivity contribution in [2.75, 3.05) is 51.3 Å². The Labute approximate surface area is 198 Å². The second-order valence-electron chi connectivity index (χ2n) is 9.26. The fourth-order valence-corrected chi connectivity index (χ4v) is 4.54. The monoisotopic (exact) mass is 449 g/mol. The first-order valence-corrected chi connectivity index (χ1v) is 12.3. The van der Waals surface area contributed by atoms with Crippen LogP contribution in [0.4, 0.5) is 5.69 Å². The van der Waals surface area contributed by atoms with Crippen LogP contribution in [0.25, 0.3) is 22.2 Å². The van der Waals surface area contributed by atoms with Gasteiger partial charge >= 0.3 is 0 Å². The molecule has 0 aliphatic carbocycles. The summed E-state index contributed by atoms with van der Waals surface area (Å²) in [5.74, 6) is 0.886. The molecule has 0 saturated carbocycles. The molecule has 3 aromatic rings. The van der Waals surface area contributed by atoms with E-state index in [1.165, 1.54) is 29.5 Å². The van der Waals surface area contributed by atoms with Crippen molar-refractivity contribution in [3.8, 4) is 17.0 Å². The second kappa shape index (κ2) is 11.5. The first-order valence-electron chi connectivity index (χ1n) is 12.3. The Balaban J connectivity index is 1.26. The lowest BCUT2D eigenvalue weighted by Gasteiger charge is -2.34. The van der Waals surface area contributed by atoms with Gasteiger partial charge in [0, 0.05) is 73.6 Å². The molecule has 0 atom stereocenters. The number of rotatable bonds is 11. The quantitative estimate of drug-likeness (QED) is 0.334. The Morgan fingerprint density at radius 3 is 2.61 bits per heavy atom. The van der Waals surface area contributed by atoms with Gasteiger partial charge in [-0.1, -0.05) is 26.0 Å². The molecule has 4 N–H and O–H groups in total. The number of H-pyrrole nitrogens is 1. The highest BCUT2D eigenvalue weighted by Gasteiger charge is 2.19. The van der Waals surface area contributed by atoms with Crippen LogP contribution >= 0.6 is 0 Å². The highest BCUT2D eigenvalue weighted by molar-refractivity contribution is 5.87. The fraction of sp³-hybridized carbons (Fsp3) is 0.481. The van der Waals surface area contributed by atoms with Gasteiger partial charge < -0.3 is 30.6 Å². The summed E-state index contributed by atoms with van der Waals surface area (Å²) >= 11 is 0. The number of hydrogen-bond acceptors (Lipinski definition) is 5. The number of nitrogens with one attached hydrogen (secondary N) is 4. The molecular formula is C27H39N5O. The van der Waals surface area contributed by atoms with Crippen LogP contribution in [0.2, 0.25) is 0 Å². The van der Waals surface area contributed by atoms with E-state index >= 15 is 0 Å². The minimum atomic E-state index is 0.558. The number of ether oxygens (including phenoxy) is 1. The van der Waals surface area contributed by atoms with E-state index in [2.05, 4.69) is 82.1 Å². The van der Waals surface area contributed by atoms with Crippen LogP contribution in [0.1, 0.15) is 26.7 Å². The van der Waals surface area contributed by atoms with Crippen LogP contribution in [0.5, 0.6) is 5.75 Å². The van der Waals surface area contributed by atoms with Crippen LogP contribution in [0, 0.1) is 0 Å². The van der Waals surface area contributed by atoms with E-state index in [1.54, 1.807) is 7.11 Å². The molecule has 0 amide bonds. The maximum absolute atomic E-state index is 5.37. The molecule has 1 aliphatic heterocycles. The molecule has 2 aromatic carbocycles. The number of anilines is 1. The third-order valence-corrected chi connectivity index (χ3v) is 6.43. The number of benzene rings is 2. The summed E-state index contributed by atoms with van der Waals surface area (Å²) in [4.78, 5) is 6.07. The molecule has 1 aromatic heterocycles. The SMILES string of the molecule is COc1ccc2[nH]c(-c3cccc(N4CCC(NCCNCCNC(C)C)CC4)c3)cc2c1. The molecule has 6 nitrogen and oxygen atoms in total. The second-order valence-corrected chi connectivity index (χ2v) is 9.26. The van der Waals surface area contributed by atoms with Gasteiger partial charge in [0.2, 0.25) is 0 Å². The minimum Gasteiger partial charge on any atom is -0.497 e. The summed E-state index contributed by atoms with van der Waals surface area (Å²) < 4.78 is 5.37. The molecule has 0 radical (unpaired) electrons. The molecule has 1 saturated heterocycles. The van der Waals surface area contributed by atoms with Gasteiger partial charge in [-0.2, -0.15) is 0 Å². The first kappa shape index (κ1) is 23.6. The number of aromatic amines is 1. The average molecular weight is 450 g/mol. The largest absolute Gasteiger partial charge is 0.497 e. The molecule has 0 bridgehead atoms. The Hall–Kier alpha value is -2.54. The number of fused-ring (bicyclic) bond motifs is 1. The summed E-state index contributed by atoms with van der Waals surface area (Å²) in [6.45, 7) is 10.7. The maximum atomic E-state index is 5.37. The van der Waals surface area contributed by atoms with Gasteiger partial charge in [-0.3, -0.25) is 0 Å². The van der Waals surface area contributed by atoms with Gasteiger partial charge in [0.15, 0.2) is 0 Å². The zero-order valence-electron chi connectivity index (χ0n) is 20.3. The number of aromatic nitrogens is 1. The molecule has 0 unspecified atom stereocenters. The van der Waals surface area contributed by atoms with Crippen LogP contribution < -0.4 is 25.6 Å². The third kappa shape index (κ3) is 6.50. The Morgan fingerprint density at radius 1 is 1.00 bits per heavy atom. The van der Waals surface area contributed by atoms with Gasteiger partial charge in [0.05, 0.1) is 7.11 Å². The van der Waals surface area contributed by atoms with Gasteiger partial charge in [-0.05, 0) is 54.8 Å². The maximum Gasteiger partial charge on any atom is 0.119 e. The number of piperidine rings is 1. The predicted octanol–water partition coefficient (Wildman–Crippen LogP) is 3.99. The first-order chi connectivity index (χ1) is 16.1. The molecule has 6 heteroatoms. The van der Waals surface area contributed by atoms with Crippen LogP contribution in [0.3, 0.4) is 0 Å². The zero-order chi connectivity index (χ0) is 23.0. The van der Waals surface area contributed by atoms with Gasteiger partial charge in [-0.15, -0.1) is 0 Å². The summed E-state index contributed by atoms with van der Waals surface area (Å²) in [5, 5.41) is 11.8. The van der Waals surface area contributed by atoms with Gasteiger partial charge in [0.25, 0.3) is 0 Å². The molecule has 0 spiro atoms. The lowest BCUT2D eigenvalue weighted by molar-refractivity contribution is 0.412. The molecule has 178 valence electrons. The topological polar surface area (TPSA) is 64.3 Å². The smallest absolute Gasteiger partial charge is 0.119 e. The van der Waals surface area contributed by atoms with E-state index in [-0.39, 0.29) is 0 Å². The number of methoxy groups -OCH3 is 1. The lowest BCUT2D eigenvalue weighted by Crippen LogP contribution is -2.44. The van der Waals surface area contributed by atoms with Crippen LogP contribution in [0.15, 0.2) is 48.5 Å². The van der Waals surface area contributed by atoms with Crippen molar-refractivity contribution in [3.63, 3.8) is 0 Å². The molecule has 1 aliphatic rings. The molecule has 33 heavy (non-hydrogen) atoms. The highest BCUT2D eigenvalue weighted by Crippen LogP contribution is 2.30. The molecular weight excluding hydrogens is 410 g/mol. The fourth-order valence-electron chi connectivity index (χ4n) is 4.54. The number of nitrogens with zero attached hydrogens (tertiary/aromatic N) is 1. The summed E-state index contributed by atoms with van der Waals surface area (Å²) in [5.41, 5.74) is 4.81. The van der Waals surface area contributed by atoms with E-state index in [1.807, 2.05) is 6.07 Å². The molecule has 1 fully saturated rings. The zero-order valence-corrected chi connectivity index (χ0v) is 20.3. The average Bonchev–Trinajstić information content (AvgIpc) is 3.27. The van der Waals surface area contributed by atoms with E-state index in [0.29, 0.717) is 12.1 Å². The summed E-state index contributed by atoms with van der Waals surface area (Å²) in [6, 6.07) is 18.4. The summed E-state index contributed by atoms with van der Waals surface area (Å²) in [6.07, 6.45) is 2.37. The van der Waals surface area contributed by atoms with E-state index < -0.39 is 0 Å². The van der Waals surface area contributed by atoms with Crippen molar-refractivity contribution < 1.29 is 4.74 Å². The van der Waals surface area contributed by atoms with Crippen molar-refractivity contribution in [1.29, 1.82) is 0 Å². The van der Waals surface area contributed by atoms with E-state index in [4.69, 9.17) is 4.74 Å². The Kier molecular flexibility index (Phi) is 8.26. The minimum absolute atomic E-state index is 0.558. The van der Waals surface area contributed by atoms with Gasteiger partial charge in [-0.25, -0.2) is 0 Å². The standard InChI is InChI=1S/C27H39N5O/c1-20(2)29-13-11-28-12-14-30-23-9-15-32(16-10-23)24-6-4-5-21(17-24)27-19-22-18-25(33-3)7-8-26(22)31-27/h4-8,17-20,23,28-31H,9-16H2,1-3H3. The van der Waals surface area contributed by atoms with E-state index in [9.17, 15) is 0 Å². The predicted molar refractivity (Wildman–Crippen MR) is 140 cm³/mol. The van der Waals surface area contributed by atoms with Crippen molar-refractivity contribution in [2.24, 2.45) is 0 Å².